The van der Waals surface area contributed by atoms with Gasteiger partial charge in [-0.2, -0.15) is 5.10 Å². The van der Waals surface area contributed by atoms with Gasteiger partial charge in [-0.3, -0.25) is 4.79 Å². The molecule has 0 bridgehead atoms. The van der Waals surface area contributed by atoms with Gasteiger partial charge < -0.3 is 9.47 Å². The van der Waals surface area contributed by atoms with Crippen LogP contribution in [0.3, 0.4) is 0 Å². The van der Waals surface area contributed by atoms with Gasteiger partial charge in [0.25, 0.3) is 0 Å². The molecule has 0 saturated carbocycles. The van der Waals surface area contributed by atoms with E-state index in [-0.39, 0.29) is 11.7 Å². The van der Waals surface area contributed by atoms with Crippen LogP contribution in [0.4, 0.5) is 0 Å². The van der Waals surface area contributed by atoms with Crippen molar-refractivity contribution in [3.63, 3.8) is 0 Å². The van der Waals surface area contributed by atoms with Gasteiger partial charge in [-0.25, -0.2) is 4.68 Å². The molecule has 0 N–H and O–H groups in total. The van der Waals surface area contributed by atoms with Crippen LogP contribution in [0.1, 0.15) is 45.2 Å². The minimum Gasteiger partial charge on any atom is -0.493 e. The average molecular weight is 376 g/mol. The van der Waals surface area contributed by atoms with Crippen LogP contribution in [-0.2, 0) is 6.42 Å². The number of nitrogens with zero attached hydrogens (tertiary/aromatic N) is 2. The van der Waals surface area contributed by atoms with Crippen LogP contribution in [-0.4, -0.2) is 29.8 Å². The minimum atomic E-state index is 0.0834. The molecule has 1 heterocycles. The Balaban J connectivity index is 1.75. The standard InChI is InChI=1S/C23H24N2O3/c1-14-5-8-18(9-6-14)25-19-11-17(12-20(26)23(19)15(2)24-25)16-7-10-21(27-3)22(13-16)28-4/h5-10,13,17H,11-12H2,1-4H3/t17-/m1/s1. The molecule has 28 heavy (non-hydrogen) atoms. The number of Topliss-reactive ketones (excluding diaryl/α,β-unsaturated/α-hetero) is 1. The molecule has 3 aromatic rings. The van der Waals surface area contributed by atoms with Crippen molar-refractivity contribution in [1.29, 1.82) is 0 Å². The van der Waals surface area contributed by atoms with Gasteiger partial charge >= 0.3 is 0 Å². The lowest BCUT2D eigenvalue weighted by Gasteiger charge is -2.24. The number of carbonyl (C=O) groups is 1. The molecule has 4 rings (SSSR count). The van der Waals surface area contributed by atoms with Crippen molar-refractivity contribution < 1.29 is 14.3 Å². The number of ether oxygens (including phenoxy) is 2. The zero-order valence-electron chi connectivity index (χ0n) is 16.7. The highest BCUT2D eigenvalue weighted by molar-refractivity contribution is 6.00. The van der Waals surface area contributed by atoms with Gasteiger partial charge in [0, 0.05) is 6.42 Å². The van der Waals surface area contributed by atoms with Crippen molar-refractivity contribution in [3.8, 4) is 17.2 Å². The fourth-order valence-corrected chi connectivity index (χ4v) is 4.00. The number of hydrogen-bond acceptors (Lipinski definition) is 4. The first kappa shape index (κ1) is 18.3. The third-order valence-electron chi connectivity index (χ3n) is 5.46. The summed E-state index contributed by atoms with van der Waals surface area (Å²) in [5.41, 5.74) is 5.81. The van der Waals surface area contributed by atoms with E-state index in [2.05, 4.69) is 24.2 Å². The van der Waals surface area contributed by atoms with Crippen LogP contribution in [0.2, 0.25) is 0 Å². The molecule has 0 fully saturated rings. The summed E-state index contributed by atoms with van der Waals surface area (Å²) < 4.78 is 12.7. The molecule has 5 nitrogen and oxygen atoms in total. The molecular weight excluding hydrogens is 352 g/mol. The highest BCUT2D eigenvalue weighted by atomic mass is 16.5. The molecule has 0 spiro atoms. The maximum absolute atomic E-state index is 13.0. The number of fused-ring (bicyclic) bond motifs is 1. The lowest BCUT2D eigenvalue weighted by molar-refractivity contribution is 0.0963. The zero-order valence-corrected chi connectivity index (χ0v) is 16.7. The number of aromatic nitrogens is 2. The summed E-state index contributed by atoms with van der Waals surface area (Å²) in [7, 11) is 3.25. The van der Waals surface area contributed by atoms with E-state index >= 15 is 0 Å². The van der Waals surface area contributed by atoms with Gasteiger partial charge in [0.05, 0.1) is 36.9 Å². The van der Waals surface area contributed by atoms with Crippen LogP contribution < -0.4 is 9.47 Å². The molecule has 1 aromatic heterocycles. The first-order chi connectivity index (χ1) is 13.5. The van der Waals surface area contributed by atoms with Crippen molar-refractivity contribution in [2.45, 2.75) is 32.6 Å². The Kier molecular flexibility index (Phi) is 4.67. The molecule has 1 aliphatic carbocycles. The summed E-state index contributed by atoms with van der Waals surface area (Å²) in [6.07, 6.45) is 1.23. The molecule has 0 amide bonds. The number of aryl methyl sites for hydroxylation is 2. The van der Waals surface area contributed by atoms with E-state index in [1.165, 1.54) is 5.56 Å². The molecule has 0 aliphatic heterocycles. The normalized spacial score (nSPS) is 16.0. The van der Waals surface area contributed by atoms with Gasteiger partial charge in [0.15, 0.2) is 17.3 Å². The van der Waals surface area contributed by atoms with E-state index in [4.69, 9.17) is 9.47 Å². The van der Waals surface area contributed by atoms with Crippen molar-refractivity contribution >= 4 is 5.78 Å². The maximum Gasteiger partial charge on any atom is 0.167 e. The Morgan fingerprint density at radius 2 is 1.68 bits per heavy atom. The molecule has 5 heteroatoms. The van der Waals surface area contributed by atoms with E-state index < -0.39 is 0 Å². The van der Waals surface area contributed by atoms with Gasteiger partial charge in [0.2, 0.25) is 0 Å². The van der Waals surface area contributed by atoms with Crippen LogP contribution in [0.5, 0.6) is 11.5 Å². The van der Waals surface area contributed by atoms with E-state index in [1.54, 1.807) is 14.2 Å². The fourth-order valence-electron chi connectivity index (χ4n) is 4.00. The minimum absolute atomic E-state index is 0.0834. The van der Waals surface area contributed by atoms with E-state index in [0.717, 1.165) is 34.6 Å². The Morgan fingerprint density at radius 3 is 2.36 bits per heavy atom. The van der Waals surface area contributed by atoms with Crippen LogP contribution in [0, 0.1) is 13.8 Å². The van der Waals surface area contributed by atoms with Gasteiger partial charge in [0.1, 0.15) is 0 Å². The van der Waals surface area contributed by atoms with Crippen molar-refractivity contribution in [2.75, 3.05) is 14.2 Å². The highest BCUT2D eigenvalue weighted by Gasteiger charge is 2.32. The second-order valence-corrected chi connectivity index (χ2v) is 7.30. The SMILES string of the molecule is COc1ccc([C@H]2CC(=O)c3c(C)nn(-c4ccc(C)cc4)c3C2)cc1OC. The molecule has 0 saturated heterocycles. The number of ketones is 1. The maximum atomic E-state index is 13.0. The second kappa shape index (κ2) is 7.15. The lowest BCUT2D eigenvalue weighted by atomic mass is 9.81. The molecule has 0 radical (unpaired) electrons. The Hall–Kier alpha value is -3.08. The van der Waals surface area contributed by atoms with Gasteiger partial charge in [-0.1, -0.05) is 23.8 Å². The van der Waals surface area contributed by atoms with Crippen molar-refractivity contribution in [3.05, 3.63) is 70.5 Å². The third-order valence-corrected chi connectivity index (χ3v) is 5.46. The Morgan fingerprint density at radius 1 is 0.964 bits per heavy atom. The molecule has 1 atom stereocenters. The largest absolute Gasteiger partial charge is 0.493 e. The number of carbonyl (C=O) groups excluding carboxylic acids is 1. The summed E-state index contributed by atoms with van der Waals surface area (Å²) in [4.78, 5) is 13.0. The fraction of sp³-hybridized carbons (Fsp3) is 0.304. The molecule has 0 unspecified atom stereocenters. The van der Waals surface area contributed by atoms with Crippen LogP contribution in [0.25, 0.3) is 5.69 Å². The van der Waals surface area contributed by atoms with E-state index in [1.807, 2.05) is 41.9 Å². The van der Waals surface area contributed by atoms with Crippen molar-refractivity contribution in [2.24, 2.45) is 0 Å². The van der Waals surface area contributed by atoms with E-state index in [0.29, 0.717) is 17.9 Å². The zero-order chi connectivity index (χ0) is 19.8. The summed E-state index contributed by atoms with van der Waals surface area (Å²) in [5, 5.41) is 4.68. The molecule has 144 valence electrons. The lowest BCUT2D eigenvalue weighted by Crippen LogP contribution is -2.20. The van der Waals surface area contributed by atoms with Gasteiger partial charge in [-0.05, 0) is 56.0 Å². The summed E-state index contributed by atoms with van der Waals surface area (Å²) in [5.74, 6) is 1.60. The second-order valence-electron chi connectivity index (χ2n) is 7.30. The quantitative estimate of drug-likeness (QED) is 0.676. The number of rotatable bonds is 4. The summed E-state index contributed by atoms with van der Waals surface area (Å²) in [6.45, 7) is 3.97. The molecule has 2 aromatic carbocycles. The summed E-state index contributed by atoms with van der Waals surface area (Å²) >= 11 is 0. The van der Waals surface area contributed by atoms with E-state index in [9.17, 15) is 4.79 Å². The van der Waals surface area contributed by atoms with Crippen molar-refractivity contribution in [1.82, 2.24) is 9.78 Å². The monoisotopic (exact) mass is 376 g/mol. The Bertz CT molecular complexity index is 1030. The summed E-state index contributed by atoms with van der Waals surface area (Å²) in [6, 6.07) is 14.1. The first-order valence-corrected chi connectivity index (χ1v) is 9.42. The number of methoxy groups -OCH3 is 2. The predicted octanol–water partition coefficient (Wildman–Crippen LogP) is 4.42. The highest BCUT2D eigenvalue weighted by Crippen LogP contribution is 2.38. The number of benzene rings is 2. The predicted molar refractivity (Wildman–Crippen MR) is 108 cm³/mol. The topological polar surface area (TPSA) is 53.3 Å². The third kappa shape index (κ3) is 3.07. The molecular formula is C23H24N2O3. The first-order valence-electron chi connectivity index (χ1n) is 9.42. The average Bonchev–Trinajstić information content (AvgIpc) is 3.05. The van der Waals surface area contributed by atoms with Gasteiger partial charge in [-0.15, -0.1) is 0 Å². The molecule has 1 aliphatic rings. The number of hydrogen-bond donors (Lipinski definition) is 0. The smallest absolute Gasteiger partial charge is 0.167 e. The van der Waals surface area contributed by atoms with Crippen LogP contribution in [0.15, 0.2) is 42.5 Å². The van der Waals surface area contributed by atoms with Crippen LogP contribution >= 0.6 is 0 Å². The Labute approximate surface area is 164 Å².